The van der Waals surface area contributed by atoms with Gasteiger partial charge in [0.1, 0.15) is 0 Å². The Morgan fingerprint density at radius 3 is 2.65 bits per heavy atom. The van der Waals surface area contributed by atoms with Crippen LogP contribution in [0.3, 0.4) is 0 Å². The topological polar surface area (TPSA) is 72.9 Å². The average molecular weight is 257 g/mol. The van der Waals surface area contributed by atoms with Crippen LogP contribution in [0, 0.1) is 0 Å². The van der Waals surface area contributed by atoms with Crippen LogP contribution in [0.1, 0.15) is 19.3 Å². The number of carbonyl (C=O) groups excluding carboxylic acids is 2. The molecule has 2 heterocycles. The quantitative estimate of drug-likeness (QED) is 0.540. The van der Waals surface area contributed by atoms with E-state index in [4.69, 9.17) is 0 Å². The molecule has 0 spiro atoms. The van der Waals surface area contributed by atoms with Gasteiger partial charge in [0.25, 0.3) is 0 Å². The Labute approximate surface area is 104 Å². The van der Waals surface area contributed by atoms with Gasteiger partial charge in [0.05, 0.1) is 31.1 Å². The molecule has 2 rings (SSSR count). The van der Waals surface area contributed by atoms with Gasteiger partial charge in [0, 0.05) is 31.9 Å². The summed E-state index contributed by atoms with van der Waals surface area (Å²) in [4.78, 5) is 24.4. The molecule has 1 saturated heterocycles. The Hall–Kier alpha value is -1.21. The summed E-state index contributed by atoms with van der Waals surface area (Å²) in [5.41, 5.74) is 0.990. The second-order valence-corrected chi connectivity index (χ2v) is 5.11. The van der Waals surface area contributed by atoms with E-state index in [1.54, 1.807) is 0 Å². The number of aliphatic hydroxyl groups is 1. The van der Waals surface area contributed by atoms with E-state index < -0.39 is 6.10 Å². The Kier molecular flexibility index (Phi) is 3.58. The lowest BCUT2D eigenvalue weighted by atomic mass is 10.1. The first kappa shape index (κ1) is 12.3. The molecule has 0 aromatic carbocycles. The highest BCUT2D eigenvalue weighted by Crippen LogP contribution is 2.19. The number of imide groups is 1. The molecule has 17 heavy (non-hydrogen) atoms. The van der Waals surface area contributed by atoms with E-state index in [9.17, 15) is 14.7 Å². The SMILES string of the molecule is CN1C=C(CCN2C(=O)CC(O)CC2=O)NS1. The number of nitrogens with one attached hydrogen (secondary N) is 1. The Bertz CT molecular complexity index is 354. The highest BCUT2D eigenvalue weighted by molar-refractivity contribution is 7.95. The number of rotatable bonds is 3. The second-order valence-electron chi connectivity index (χ2n) is 4.15. The molecule has 7 heteroatoms. The molecule has 94 valence electrons. The Morgan fingerprint density at radius 2 is 2.12 bits per heavy atom. The van der Waals surface area contributed by atoms with Crippen LogP contribution in [-0.4, -0.2) is 45.8 Å². The minimum atomic E-state index is -0.809. The molecule has 2 N–H and O–H groups in total. The number of aliphatic hydroxyl groups excluding tert-OH is 1. The lowest BCUT2D eigenvalue weighted by Crippen LogP contribution is -2.45. The van der Waals surface area contributed by atoms with Gasteiger partial charge < -0.3 is 14.1 Å². The normalized spacial score (nSPS) is 21.9. The van der Waals surface area contributed by atoms with Crippen molar-refractivity contribution < 1.29 is 14.7 Å². The van der Waals surface area contributed by atoms with Crippen LogP contribution < -0.4 is 4.72 Å². The maximum Gasteiger partial charge on any atom is 0.231 e. The van der Waals surface area contributed by atoms with Crippen molar-refractivity contribution in [2.24, 2.45) is 0 Å². The molecule has 6 nitrogen and oxygen atoms in total. The van der Waals surface area contributed by atoms with E-state index >= 15 is 0 Å². The summed E-state index contributed by atoms with van der Waals surface area (Å²) in [5.74, 6) is -0.568. The van der Waals surface area contributed by atoms with Crippen molar-refractivity contribution >= 4 is 23.9 Å². The predicted octanol–water partition coefficient (Wildman–Crippen LogP) is -0.174. The minimum absolute atomic E-state index is 0.0485. The van der Waals surface area contributed by atoms with E-state index in [0.717, 1.165) is 5.70 Å². The van der Waals surface area contributed by atoms with E-state index in [-0.39, 0.29) is 24.7 Å². The lowest BCUT2D eigenvalue weighted by Gasteiger charge is -2.27. The molecule has 0 saturated carbocycles. The number of carbonyl (C=O) groups is 2. The van der Waals surface area contributed by atoms with Gasteiger partial charge in [-0.15, -0.1) is 0 Å². The van der Waals surface area contributed by atoms with Crippen molar-refractivity contribution in [1.29, 1.82) is 0 Å². The Balaban J connectivity index is 1.88. The predicted molar refractivity (Wildman–Crippen MR) is 63.2 cm³/mol. The summed E-state index contributed by atoms with van der Waals surface area (Å²) in [6, 6.07) is 0. The fourth-order valence-electron chi connectivity index (χ4n) is 1.83. The first-order valence-electron chi connectivity index (χ1n) is 5.44. The molecule has 0 aromatic heterocycles. The zero-order chi connectivity index (χ0) is 12.4. The molecule has 0 unspecified atom stereocenters. The van der Waals surface area contributed by atoms with Crippen molar-refractivity contribution in [2.45, 2.75) is 25.4 Å². The molecular formula is C10H15N3O3S. The Morgan fingerprint density at radius 1 is 1.47 bits per heavy atom. The smallest absolute Gasteiger partial charge is 0.231 e. The molecule has 2 amide bonds. The third-order valence-electron chi connectivity index (χ3n) is 2.69. The van der Waals surface area contributed by atoms with E-state index in [2.05, 4.69) is 4.72 Å². The van der Waals surface area contributed by atoms with Gasteiger partial charge in [-0.1, -0.05) is 0 Å². The molecule has 0 aliphatic carbocycles. The number of amides is 2. The highest BCUT2D eigenvalue weighted by atomic mass is 32.2. The number of hydrogen-bond donors (Lipinski definition) is 2. The van der Waals surface area contributed by atoms with Gasteiger partial charge in [-0.2, -0.15) is 0 Å². The summed E-state index contributed by atoms with van der Waals surface area (Å²) < 4.78 is 5.01. The van der Waals surface area contributed by atoms with Crippen molar-refractivity contribution in [3.8, 4) is 0 Å². The van der Waals surface area contributed by atoms with Crippen LogP contribution in [-0.2, 0) is 9.59 Å². The van der Waals surface area contributed by atoms with Gasteiger partial charge in [0.15, 0.2) is 0 Å². The van der Waals surface area contributed by atoms with Crippen LogP contribution >= 0.6 is 12.1 Å². The van der Waals surface area contributed by atoms with Crippen molar-refractivity contribution in [2.75, 3.05) is 13.6 Å². The fourth-order valence-corrected chi connectivity index (χ4v) is 2.43. The van der Waals surface area contributed by atoms with Crippen LogP contribution in [0.15, 0.2) is 11.9 Å². The van der Waals surface area contributed by atoms with E-state index in [0.29, 0.717) is 13.0 Å². The van der Waals surface area contributed by atoms with Crippen LogP contribution in [0.4, 0.5) is 0 Å². The maximum absolute atomic E-state index is 11.6. The third kappa shape index (κ3) is 2.92. The van der Waals surface area contributed by atoms with Gasteiger partial charge in [-0.05, 0) is 0 Å². The van der Waals surface area contributed by atoms with Gasteiger partial charge in [-0.25, -0.2) is 0 Å². The monoisotopic (exact) mass is 257 g/mol. The van der Waals surface area contributed by atoms with Crippen LogP contribution in [0.2, 0.25) is 0 Å². The van der Waals surface area contributed by atoms with Gasteiger partial charge in [-0.3, -0.25) is 14.5 Å². The van der Waals surface area contributed by atoms with E-state index in [1.165, 1.54) is 17.0 Å². The second kappa shape index (κ2) is 4.97. The number of hydrogen-bond acceptors (Lipinski definition) is 6. The molecule has 0 radical (unpaired) electrons. The largest absolute Gasteiger partial charge is 0.392 e. The summed E-state index contributed by atoms with van der Waals surface area (Å²) >= 11 is 1.46. The molecule has 0 atom stereocenters. The zero-order valence-electron chi connectivity index (χ0n) is 9.55. The fraction of sp³-hybridized carbons (Fsp3) is 0.600. The van der Waals surface area contributed by atoms with Crippen LogP contribution in [0.25, 0.3) is 0 Å². The highest BCUT2D eigenvalue weighted by Gasteiger charge is 2.31. The summed E-state index contributed by atoms with van der Waals surface area (Å²) in [6.45, 7) is 0.373. The lowest BCUT2D eigenvalue weighted by molar-refractivity contribution is -0.152. The van der Waals surface area contributed by atoms with Gasteiger partial charge in [0.2, 0.25) is 11.8 Å². The van der Waals surface area contributed by atoms with Crippen LogP contribution in [0.5, 0.6) is 0 Å². The molecule has 0 aromatic rings. The van der Waals surface area contributed by atoms with Crippen molar-refractivity contribution in [3.05, 3.63) is 11.9 Å². The molecule has 2 aliphatic heterocycles. The summed E-state index contributed by atoms with van der Waals surface area (Å²) in [7, 11) is 1.91. The standard InChI is InChI=1S/C10H15N3O3S/c1-12-6-7(11-17-12)2-3-13-9(15)4-8(14)5-10(13)16/h6,8,11,14H,2-5H2,1H3. The third-order valence-corrected chi connectivity index (χ3v) is 3.43. The van der Waals surface area contributed by atoms with E-state index in [1.807, 2.05) is 17.6 Å². The zero-order valence-corrected chi connectivity index (χ0v) is 10.4. The average Bonchev–Trinajstić information content (AvgIpc) is 2.62. The summed E-state index contributed by atoms with van der Waals surface area (Å²) in [5, 5.41) is 9.28. The van der Waals surface area contributed by atoms with Crippen molar-refractivity contribution in [3.63, 3.8) is 0 Å². The first-order chi connectivity index (χ1) is 8.06. The van der Waals surface area contributed by atoms with Crippen molar-refractivity contribution in [1.82, 2.24) is 13.9 Å². The number of piperidine rings is 1. The molecular weight excluding hydrogens is 242 g/mol. The summed E-state index contributed by atoms with van der Waals surface area (Å²) in [6.07, 6.45) is 1.83. The number of likely N-dealkylation sites (tertiary alicyclic amines) is 1. The molecule has 2 aliphatic rings. The first-order valence-corrected chi connectivity index (χ1v) is 6.21. The molecule has 0 bridgehead atoms. The number of nitrogens with zero attached hydrogens (tertiary/aromatic N) is 2. The maximum atomic E-state index is 11.6. The minimum Gasteiger partial charge on any atom is -0.392 e. The molecule has 1 fully saturated rings. The van der Waals surface area contributed by atoms with Gasteiger partial charge >= 0.3 is 0 Å².